The molecule has 0 spiro atoms. The van der Waals surface area contributed by atoms with Crippen molar-refractivity contribution in [3.63, 3.8) is 0 Å². The van der Waals surface area contributed by atoms with Gasteiger partial charge in [-0.15, -0.1) is 0 Å². The Labute approximate surface area is 153 Å². The molecule has 0 fully saturated rings. The second-order valence-electron chi connectivity index (χ2n) is 5.98. The molecule has 134 valence electrons. The summed E-state index contributed by atoms with van der Waals surface area (Å²) in [7, 11) is 0. The smallest absolute Gasteiger partial charge is 0.261 e. The van der Waals surface area contributed by atoms with E-state index in [2.05, 4.69) is 17.4 Å². The van der Waals surface area contributed by atoms with E-state index in [0.29, 0.717) is 25.3 Å². The van der Waals surface area contributed by atoms with Crippen LogP contribution in [-0.4, -0.2) is 25.2 Å². The van der Waals surface area contributed by atoms with Gasteiger partial charge in [-0.1, -0.05) is 55.5 Å². The molecular weight excluding hydrogens is 326 g/mol. The molecule has 4 nitrogen and oxygen atoms in total. The molecule has 3 rings (SSSR count). The van der Waals surface area contributed by atoms with Crippen molar-refractivity contribution in [1.29, 1.82) is 0 Å². The SMILES string of the molecule is CC[C@@H](Oc1ccccc1)C(=O)NCCOc1ccc2ccccc2c1. The lowest BCUT2D eigenvalue weighted by Gasteiger charge is -2.17. The highest BCUT2D eigenvalue weighted by Crippen LogP contribution is 2.20. The zero-order valence-corrected chi connectivity index (χ0v) is 14.9. The monoisotopic (exact) mass is 349 g/mol. The Balaban J connectivity index is 1.46. The van der Waals surface area contributed by atoms with E-state index >= 15 is 0 Å². The van der Waals surface area contributed by atoms with Crippen molar-refractivity contribution in [3.05, 3.63) is 72.8 Å². The second kappa shape index (κ2) is 8.90. The minimum Gasteiger partial charge on any atom is -0.492 e. The van der Waals surface area contributed by atoms with Gasteiger partial charge in [-0.25, -0.2) is 0 Å². The molecule has 1 atom stereocenters. The molecule has 0 saturated carbocycles. The molecule has 1 amide bonds. The highest BCUT2D eigenvalue weighted by atomic mass is 16.5. The average Bonchev–Trinajstić information content (AvgIpc) is 2.70. The van der Waals surface area contributed by atoms with Crippen LogP contribution in [0.3, 0.4) is 0 Å². The molecule has 0 saturated heterocycles. The first-order valence-corrected chi connectivity index (χ1v) is 8.87. The summed E-state index contributed by atoms with van der Waals surface area (Å²) in [5, 5.41) is 5.19. The Morgan fingerprint density at radius 2 is 1.65 bits per heavy atom. The fourth-order valence-electron chi connectivity index (χ4n) is 2.70. The molecule has 0 aromatic heterocycles. The van der Waals surface area contributed by atoms with Crippen LogP contribution in [0.4, 0.5) is 0 Å². The fourth-order valence-corrected chi connectivity index (χ4v) is 2.70. The van der Waals surface area contributed by atoms with Crippen LogP contribution in [0.1, 0.15) is 13.3 Å². The largest absolute Gasteiger partial charge is 0.492 e. The van der Waals surface area contributed by atoms with Crippen molar-refractivity contribution in [2.45, 2.75) is 19.4 Å². The zero-order chi connectivity index (χ0) is 18.2. The van der Waals surface area contributed by atoms with E-state index < -0.39 is 6.10 Å². The number of ether oxygens (including phenoxy) is 2. The summed E-state index contributed by atoms with van der Waals surface area (Å²) in [6, 6.07) is 23.5. The minimum absolute atomic E-state index is 0.126. The summed E-state index contributed by atoms with van der Waals surface area (Å²) >= 11 is 0. The number of carbonyl (C=O) groups excluding carboxylic acids is 1. The van der Waals surface area contributed by atoms with Crippen LogP contribution in [-0.2, 0) is 4.79 Å². The van der Waals surface area contributed by atoms with E-state index in [-0.39, 0.29) is 5.91 Å². The van der Waals surface area contributed by atoms with Gasteiger partial charge in [-0.05, 0) is 41.5 Å². The number of fused-ring (bicyclic) bond motifs is 1. The quantitative estimate of drug-likeness (QED) is 0.620. The van der Waals surface area contributed by atoms with Crippen LogP contribution in [0.25, 0.3) is 10.8 Å². The van der Waals surface area contributed by atoms with Gasteiger partial charge in [0.25, 0.3) is 5.91 Å². The number of benzene rings is 3. The van der Waals surface area contributed by atoms with E-state index in [1.807, 2.05) is 67.6 Å². The zero-order valence-electron chi connectivity index (χ0n) is 14.9. The Morgan fingerprint density at radius 1 is 0.923 bits per heavy atom. The van der Waals surface area contributed by atoms with Gasteiger partial charge in [0.2, 0.25) is 0 Å². The number of para-hydroxylation sites is 1. The van der Waals surface area contributed by atoms with Crippen LogP contribution in [0, 0.1) is 0 Å². The lowest BCUT2D eigenvalue weighted by Crippen LogP contribution is -2.39. The lowest BCUT2D eigenvalue weighted by molar-refractivity contribution is -0.128. The van der Waals surface area contributed by atoms with Crippen molar-refractivity contribution in [2.75, 3.05) is 13.2 Å². The van der Waals surface area contributed by atoms with Crippen LogP contribution < -0.4 is 14.8 Å². The van der Waals surface area contributed by atoms with Gasteiger partial charge in [0, 0.05) is 0 Å². The van der Waals surface area contributed by atoms with Gasteiger partial charge in [-0.3, -0.25) is 4.79 Å². The van der Waals surface area contributed by atoms with Gasteiger partial charge in [-0.2, -0.15) is 0 Å². The van der Waals surface area contributed by atoms with Gasteiger partial charge >= 0.3 is 0 Å². The molecule has 3 aromatic rings. The first-order chi connectivity index (χ1) is 12.8. The van der Waals surface area contributed by atoms with Crippen molar-refractivity contribution >= 4 is 16.7 Å². The Kier molecular flexibility index (Phi) is 6.09. The van der Waals surface area contributed by atoms with Gasteiger partial charge in [0.05, 0.1) is 6.54 Å². The highest BCUT2D eigenvalue weighted by Gasteiger charge is 2.17. The highest BCUT2D eigenvalue weighted by molar-refractivity contribution is 5.83. The van der Waals surface area contributed by atoms with Crippen LogP contribution >= 0.6 is 0 Å². The third kappa shape index (κ3) is 4.76. The molecular formula is C22H23NO3. The third-order valence-electron chi connectivity index (χ3n) is 4.08. The number of nitrogens with one attached hydrogen (secondary N) is 1. The molecule has 0 aliphatic carbocycles. The van der Waals surface area contributed by atoms with Crippen LogP contribution in [0.15, 0.2) is 72.8 Å². The number of carbonyl (C=O) groups is 1. The van der Waals surface area contributed by atoms with Crippen molar-refractivity contribution in [2.24, 2.45) is 0 Å². The standard InChI is InChI=1S/C22H23NO3/c1-2-21(26-19-10-4-3-5-11-19)22(24)23-14-15-25-20-13-12-17-8-6-7-9-18(17)16-20/h3-13,16,21H,2,14-15H2,1H3,(H,23,24)/t21-/m1/s1. The summed E-state index contributed by atoms with van der Waals surface area (Å²) in [5.41, 5.74) is 0. The predicted octanol–water partition coefficient (Wildman–Crippen LogP) is 4.19. The van der Waals surface area contributed by atoms with E-state index in [1.165, 1.54) is 5.39 Å². The summed E-state index contributed by atoms with van der Waals surface area (Å²) in [6.45, 7) is 2.77. The van der Waals surface area contributed by atoms with Crippen molar-refractivity contribution in [3.8, 4) is 11.5 Å². The van der Waals surface area contributed by atoms with Crippen molar-refractivity contribution in [1.82, 2.24) is 5.32 Å². The molecule has 4 heteroatoms. The summed E-state index contributed by atoms with van der Waals surface area (Å²) < 4.78 is 11.5. The molecule has 0 unspecified atom stereocenters. The summed E-state index contributed by atoms with van der Waals surface area (Å²) in [5.74, 6) is 1.37. The predicted molar refractivity (Wildman–Crippen MR) is 104 cm³/mol. The maximum Gasteiger partial charge on any atom is 0.261 e. The van der Waals surface area contributed by atoms with Gasteiger partial charge in [0.15, 0.2) is 6.10 Å². The van der Waals surface area contributed by atoms with Crippen LogP contribution in [0.2, 0.25) is 0 Å². The second-order valence-corrected chi connectivity index (χ2v) is 5.98. The average molecular weight is 349 g/mol. The normalized spacial score (nSPS) is 11.7. The Morgan fingerprint density at radius 3 is 2.42 bits per heavy atom. The summed E-state index contributed by atoms with van der Waals surface area (Å²) in [6.07, 6.45) is 0.102. The summed E-state index contributed by atoms with van der Waals surface area (Å²) in [4.78, 5) is 12.3. The third-order valence-corrected chi connectivity index (χ3v) is 4.08. The van der Waals surface area contributed by atoms with E-state index in [0.717, 1.165) is 11.1 Å². The van der Waals surface area contributed by atoms with E-state index in [9.17, 15) is 4.79 Å². The fraction of sp³-hybridized carbons (Fsp3) is 0.227. The maximum atomic E-state index is 12.3. The molecule has 0 aliphatic heterocycles. The van der Waals surface area contributed by atoms with E-state index in [4.69, 9.17) is 9.47 Å². The number of amides is 1. The lowest BCUT2D eigenvalue weighted by atomic mass is 10.1. The topological polar surface area (TPSA) is 47.6 Å². The number of hydrogen-bond donors (Lipinski definition) is 1. The van der Waals surface area contributed by atoms with E-state index in [1.54, 1.807) is 0 Å². The Hall–Kier alpha value is -3.01. The van der Waals surface area contributed by atoms with Gasteiger partial charge in [0.1, 0.15) is 18.1 Å². The number of rotatable bonds is 8. The first-order valence-electron chi connectivity index (χ1n) is 8.87. The van der Waals surface area contributed by atoms with Crippen LogP contribution in [0.5, 0.6) is 11.5 Å². The minimum atomic E-state index is -0.502. The van der Waals surface area contributed by atoms with Crippen molar-refractivity contribution < 1.29 is 14.3 Å². The molecule has 0 radical (unpaired) electrons. The molecule has 0 heterocycles. The molecule has 0 bridgehead atoms. The Bertz CT molecular complexity index is 848. The maximum absolute atomic E-state index is 12.3. The number of hydrogen-bond acceptors (Lipinski definition) is 3. The molecule has 3 aromatic carbocycles. The molecule has 26 heavy (non-hydrogen) atoms. The molecule has 0 aliphatic rings. The first kappa shape index (κ1) is 17.8. The molecule has 1 N–H and O–H groups in total. The van der Waals surface area contributed by atoms with Gasteiger partial charge < -0.3 is 14.8 Å².